The van der Waals surface area contributed by atoms with Crippen molar-refractivity contribution in [2.24, 2.45) is 0 Å². The fourth-order valence-electron chi connectivity index (χ4n) is 4.04. The highest BCUT2D eigenvalue weighted by atomic mass is 32.2. The number of ketones is 1. The molecule has 0 fully saturated rings. The van der Waals surface area contributed by atoms with Crippen molar-refractivity contribution in [2.75, 3.05) is 42.2 Å². The second kappa shape index (κ2) is 13.0. The molecule has 230 valence electrons. The molecule has 0 atom stereocenters. The second-order valence-electron chi connectivity index (χ2n) is 9.26. The number of nitrogens with one attached hydrogen (secondary N) is 2. The van der Waals surface area contributed by atoms with Crippen LogP contribution in [0.5, 0.6) is 17.2 Å². The van der Waals surface area contributed by atoms with E-state index < -0.39 is 25.8 Å². The SMILES string of the molecule is COc1ccc(/C=C/C(=O)c2cc(NS(=O)(=O)c3ccc(N)cc3)c(OC)cc2OC)cc1NS(=O)(=O)c1ccc(N)cc1. The monoisotopic (exact) mass is 638 g/mol. The predicted molar refractivity (Wildman–Crippen MR) is 169 cm³/mol. The standard InChI is InChI=1S/C30H30N4O8S2/c1-40-28-15-5-19(16-25(28)33-43(36,37)22-10-6-20(31)7-11-22)4-14-27(35)24-17-26(30(42-3)18-29(24)41-2)34-44(38,39)23-12-8-21(32)9-13-23/h4-18,33-34H,31-32H2,1-3H3/b14-4+. The third-order valence-electron chi connectivity index (χ3n) is 6.31. The van der Waals surface area contributed by atoms with E-state index in [1.165, 1.54) is 100 Å². The highest BCUT2D eigenvalue weighted by molar-refractivity contribution is 7.93. The molecular formula is C30H30N4O8S2. The average Bonchev–Trinajstić information content (AvgIpc) is 2.99. The third kappa shape index (κ3) is 7.22. The smallest absolute Gasteiger partial charge is 0.262 e. The van der Waals surface area contributed by atoms with Crippen molar-refractivity contribution in [3.63, 3.8) is 0 Å². The minimum atomic E-state index is -4.06. The van der Waals surface area contributed by atoms with E-state index in [4.69, 9.17) is 25.7 Å². The molecule has 4 rings (SSSR count). The highest BCUT2D eigenvalue weighted by Gasteiger charge is 2.21. The van der Waals surface area contributed by atoms with Crippen molar-refractivity contribution in [1.82, 2.24) is 0 Å². The lowest BCUT2D eigenvalue weighted by atomic mass is 10.1. The summed E-state index contributed by atoms with van der Waals surface area (Å²) in [6.07, 6.45) is 2.70. The molecular weight excluding hydrogens is 608 g/mol. The number of nitrogen functional groups attached to an aromatic ring is 2. The summed E-state index contributed by atoms with van der Waals surface area (Å²) >= 11 is 0. The van der Waals surface area contributed by atoms with Crippen LogP contribution in [0.1, 0.15) is 15.9 Å². The minimum Gasteiger partial charge on any atom is -0.496 e. The number of allylic oxidation sites excluding steroid dienone is 1. The fourth-order valence-corrected chi connectivity index (χ4v) is 6.17. The van der Waals surface area contributed by atoms with E-state index in [-0.39, 0.29) is 44.0 Å². The van der Waals surface area contributed by atoms with E-state index in [2.05, 4.69) is 9.44 Å². The van der Waals surface area contributed by atoms with Crippen LogP contribution in [0.4, 0.5) is 22.7 Å². The molecule has 4 aromatic rings. The molecule has 0 aliphatic carbocycles. The molecule has 4 aromatic carbocycles. The number of carbonyl (C=O) groups is 1. The molecule has 12 nitrogen and oxygen atoms in total. The van der Waals surface area contributed by atoms with Gasteiger partial charge in [-0.3, -0.25) is 14.2 Å². The first-order valence-corrected chi connectivity index (χ1v) is 15.8. The summed E-state index contributed by atoms with van der Waals surface area (Å²) in [5.41, 5.74) is 12.8. The van der Waals surface area contributed by atoms with Gasteiger partial charge < -0.3 is 25.7 Å². The van der Waals surface area contributed by atoms with E-state index in [0.29, 0.717) is 16.9 Å². The molecule has 0 aliphatic rings. The largest absolute Gasteiger partial charge is 0.496 e. The van der Waals surface area contributed by atoms with Crippen LogP contribution in [0.3, 0.4) is 0 Å². The van der Waals surface area contributed by atoms with Crippen molar-refractivity contribution in [3.8, 4) is 17.2 Å². The maximum Gasteiger partial charge on any atom is 0.262 e. The quantitative estimate of drug-likeness (QED) is 0.0985. The van der Waals surface area contributed by atoms with Gasteiger partial charge >= 0.3 is 0 Å². The molecule has 0 amide bonds. The molecule has 0 aromatic heterocycles. The van der Waals surface area contributed by atoms with Gasteiger partial charge in [-0.25, -0.2) is 16.8 Å². The summed E-state index contributed by atoms with van der Waals surface area (Å²) in [4.78, 5) is 13.3. The van der Waals surface area contributed by atoms with Crippen LogP contribution in [-0.4, -0.2) is 43.9 Å². The molecule has 0 bridgehead atoms. The molecule has 0 aliphatic heterocycles. The summed E-state index contributed by atoms with van der Waals surface area (Å²) in [6, 6.07) is 18.6. The number of anilines is 4. The van der Waals surface area contributed by atoms with Gasteiger partial charge in [-0.05, 0) is 78.4 Å². The van der Waals surface area contributed by atoms with Crippen LogP contribution in [-0.2, 0) is 20.0 Å². The fraction of sp³-hybridized carbons (Fsp3) is 0.100. The van der Waals surface area contributed by atoms with Crippen LogP contribution in [0, 0.1) is 0 Å². The van der Waals surface area contributed by atoms with Gasteiger partial charge in [0.1, 0.15) is 17.2 Å². The Morgan fingerprint density at radius 3 is 1.59 bits per heavy atom. The van der Waals surface area contributed by atoms with Crippen LogP contribution in [0.2, 0.25) is 0 Å². The zero-order valence-electron chi connectivity index (χ0n) is 23.9. The van der Waals surface area contributed by atoms with Gasteiger partial charge in [-0.1, -0.05) is 12.1 Å². The van der Waals surface area contributed by atoms with Gasteiger partial charge in [-0.2, -0.15) is 0 Å². The number of rotatable bonds is 12. The molecule has 0 saturated carbocycles. The Labute approximate surface area is 255 Å². The molecule has 0 heterocycles. The summed E-state index contributed by atoms with van der Waals surface area (Å²) in [7, 11) is -3.94. The number of nitrogens with two attached hydrogens (primary N) is 2. The van der Waals surface area contributed by atoms with Crippen molar-refractivity contribution < 1.29 is 35.8 Å². The number of ether oxygens (including phenoxy) is 3. The minimum absolute atomic E-state index is 0.000649. The Morgan fingerprint density at radius 2 is 1.11 bits per heavy atom. The molecule has 6 N–H and O–H groups in total. The summed E-state index contributed by atoms with van der Waals surface area (Å²) in [5, 5.41) is 0. The molecule has 0 radical (unpaired) electrons. The molecule has 0 spiro atoms. The lowest BCUT2D eigenvalue weighted by molar-refractivity contribution is 0.104. The molecule has 0 saturated heterocycles. The van der Waals surface area contributed by atoms with Crippen molar-refractivity contribution >= 4 is 54.7 Å². The van der Waals surface area contributed by atoms with E-state index in [9.17, 15) is 21.6 Å². The zero-order valence-corrected chi connectivity index (χ0v) is 25.5. The van der Waals surface area contributed by atoms with Gasteiger partial charge in [0.25, 0.3) is 20.0 Å². The van der Waals surface area contributed by atoms with E-state index in [1.54, 1.807) is 12.1 Å². The maximum atomic E-state index is 13.3. The van der Waals surface area contributed by atoms with Gasteiger partial charge in [-0.15, -0.1) is 0 Å². The number of methoxy groups -OCH3 is 3. The topological polar surface area (TPSA) is 189 Å². The number of benzene rings is 4. The second-order valence-corrected chi connectivity index (χ2v) is 12.6. The van der Waals surface area contributed by atoms with Gasteiger partial charge in [0, 0.05) is 17.4 Å². The lowest BCUT2D eigenvalue weighted by Crippen LogP contribution is -2.14. The third-order valence-corrected chi connectivity index (χ3v) is 9.07. The highest BCUT2D eigenvalue weighted by Crippen LogP contribution is 2.35. The number of hydrogen-bond acceptors (Lipinski definition) is 10. The number of carbonyl (C=O) groups excluding carboxylic acids is 1. The number of hydrogen-bond donors (Lipinski definition) is 4. The Morgan fingerprint density at radius 1 is 0.636 bits per heavy atom. The number of sulfonamides is 2. The normalized spacial score (nSPS) is 11.6. The Kier molecular flexibility index (Phi) is 9.35. The lowest BCUT2D eigenvalue weighted by Gasteiger charge is -2.15. The summed E-state index contributed by atoms with van der Waals surface area (Å²) in [5.74, 6) is -0.0206. The first-order valence-electron chi connectivity index (χ1n) is 12.8. The maximum absolute atomic E-state index is 13.3. The van der Waals surface area contributed by atoms with Crippen LogP contribution < -0.4 is 35.1 Å². The molecule has 14 heteroatoms. The Balaban J connectivity index is 1.64. The molecule has 0 unspecified atom stereocenters. The van der Waals surface area contributed by atoms with Crippen molar-refractivity contribution in [2.45, 2.75) is 9.79 Å². The van der Waals surface area contributed by atoms with Gasteiger partial charge in [0.05, 0.1) is 48.1 Å². The van der Waals surface area contributed by atoms with Crippen LogP contribution in [0.25, 0.3) is 6.08 Å². The summed E-state index contributed by atoms with van der Waals surface area (Å²) < 4.78 is 72.9. The van der Waals surface area contributed by atoms with E-state index in [1.807, 2.05) is 0 Å². The first kappa shape index (κ1) is 31.7. The van der Waals surface area contributed by atoms with Gasteiger partial charge in [0.15, 0.2) is 5.78 Å². The van der Waals surface area contributed by atoms with E-state index >= 15 is 0 Å². The van der Waals surface area contributed by atoms with Gasteiger partial charge in [0.2, 0.25) is 0 Å². The van der Waals surface area contributed by atoms with Crippen molar-refractivity contribution in [3.05, 3.63) is 96.1 Å². The predicted octanol–water partition coefficient (Wildman–Crippen LogP) is 4.37. The summed E-state index contributed by atoms with van der Waals surface area (Å²) in [6.45, 7) is 0. The Hall–Kier alpha value is -5.21. The van der Waals surface area contributed by atoms with Crippen LogP contribution in [0.15, 0.2) is 94.7 Å². The van der Waals surface area contributed by atoms with Crippen LogP contribution >= 0.6 is 0 Å². The first-order chi connectivity index (χ1) is 20.9. The van der Waals surface area contributed by atoms with Crippen molar-refractivity contribution in [1.29, 1.82) is 0 Å². The zero-order chi connectivity index (χ0) is 32.1. The molecule has 44 heavy (non-hydrogen) atoms. The Bertz CT molecular complexity index is 1930. The van der Waals surface area contributed by atoms with E-state index in [0.717, 1.165) is 0 Å². The average molecular weight is 639 g/mol.